The lowest BCUT2D eigenvalue weighted by atomic mass is 9.90. The third-order valence-electron chi connectivity index (χ3n) is 4.71. The normalized spacial score (nSPS) is 16.6. The lowest BCUT2D eigenvalue weighted by Gasteiger charge is -2.20. The van der Waals surface area contributed by atoms with E-state index >= 15 is 0 Å². The van der Waals surface area contributed by atoms with Crippen LogP contribution in [0.3, 0.4) is 0 Å². The van der Waals surface area contributed by atoms with Gasteiger partial charge < -0.3 is 14.6 Å². The van der Waals surface area contributed by atoms with E-state index in [9.17, 15) is 5.11 Å². The first-order valence-electron chi connectivity index (χ1n) is 8.94. The molecule has 1 aliphatic rings. The number of benzene rings is 2. The molecule has 1 unspecified atom stereocenters. The number of aliphatic hydroxyl groups is 1. The minimum absolute atomic E-state index is 0.0250. The molecular weight excluding hydrogens is 312 g/mol. The summed E-state index contributed by atoms with van der Waals surface area (Å²) in [6.07, 6.45) is 6.80. The second-order valence-corrected chi connectivity index (χ2v) is 6.63. The van der Waals surface area contributed by atoms with Crippen LogP contribution >= 0.6 is 0 Å². The van der Waals surface area contributed by atoms with Crippen molar-refractivity contribution in [3.63, 3.8) is 0 Å². The molecule has 0 aromatic heterocycles. The number of hydrogen-bond donors (Lipinski definition) is 1. The topological polar surface area (TPSA) is 38.7 Å². The van der Waals surface area contributed by atoms with Crippen molar-refractivity contribution in [3.05, 3.63) is 71.5 Å². The maximum Gasteiger partial charge on any atom is 0.161 e. The molecule has 2 aromatic carbocycles. The molecule has 0 bridgehead atoms. The van der Waals surface area contributed by atoms with Crippen LogP contribution in [0.1, 0.15) is 49.7 Å². The average Bonchev–Trinajstić information content (AvgIpc) is 3.13. The van der Waals surface area contributed by atoms with Crippen molar-refractivity contribution in [2.45, 2.75) is 44.6 Å². The second kappa shape index (κ2) is 8.11. The maximum absolute atomic E-state index is 9.85. The Morgan fingerprint density at radius 1 is 1.04 bits per heavy atom. The van der Waals surface area contributed by atoms with Crippen molar-refractivity contribution < 1.29 is 14.6 Å². The first-order valence-corrected chi connectivity index (χ1v) is 8.94. The molecule has 2 aromatic rings. The minimum atomic E-state index is -0.0250. The lowest BCUT2D eigenvalue weighted by Crippen LogP contribution is -2.12. The smallest absolute Gasteiger partial charge is 0.161 e. The van der Waals surface area contributed by atoms with E-state index in [0.29, 0.717) is 5.76 Å². The molecule has 0 saturated heterocycles. The molecule has 0 heterocycles. The third kappa shape index (κ3) is 4.36. The number of hydrogen-bond acceptors (Lipinski definition) is 3. The fourth-order valence-electron chi connectivity index (χ4n) is 3.45. The molecule has 3 nitrogen and oxygen atoms in total. The number of allylic oxidation sites excluding steroid dienone is 2. The number of aliphatic hydroxyl groups excluding tert-OH is 1. The highest BCUT2D eigenvalue weighted by atomic mass is 16.5. The van der Waals surface area contributed by atoms with Crippen LogP contribution in [-0.2, 0) is 0 Å². The van der Waals surface area contributed by atoms with Gasteiger partial charge in [-0.25, -0.2) is 0 Å². The van der Waals surface area contributed by atoms with E-state index in [0.717, 1.165) is 35.5 Å². The van der Waals surface area contributed by atoms with Gasteiger partial charge in [-0.15, -0.1) is 0 Å². The third-order valence-corrected chi connectivity index (χ3v) is 4.71. The van der Waals surface area contributed by atoms with Gasteiger partial charge in [0.2, 0.25) is 0 Å². The fraction of sp³-hybridized carbons (Fsp3) is 0.364. The van der Waals surface area contributed by atoms with Crippen LogP contribution in [0.15, 0.2) is 60.4 Å². The Labute approximate surface area is 149 Å². The van der Waals surface area contributed by atoms with Crippen LogP contribution in [0.25, 0.3) is 0 Å². The fourth-order valence-corrected chi connectivity index (χ4v) is 3.45. The average molecular weight is 338 g/mol. The highest BCUT2D eigenvalue weighted by Gasteiger charge is 2.20. The molecule has 3 rings (SSSR count). The molecule has 0 amide bonds. The Bertz CT molecular complexity index is 711. The number of methoxy groups -OCH3 is 1. The zero-order chi connectivity index (χ0) is 17.6. The number of rotatable bonds is 6. The summed E-state index contributed by atoms with van der Waals surface area (Å²) in [5.74, 6) is 1.83. The van der Waals surface area contributed by atoms with Crippen molar-refractivity contribution in [3.8, 4) is 11.5 Å². The Morgan fingerprint density at radius 3 is 2.40 bits per heavy atom. The molecule has 132 valence electrons. The molecule has 1 atom stereocenters. The van der Waals surface area contributed by atoms with Gasteiger partial charge in [0.25, 0.3) is 0 Å². The van der Waals surface area contributed by atoms with Gasteiger partial charge in [0.15, 0.2) is 11.5 Å². The molecule has 0 aliphatic heterocycles. The predicted molar refractivity (Wildman–Crippen MR) is 101 cm³/mol. The Balaban J connectivity index is 1.96. The van der Waals surface area contributed by atoms with Crippen molar-refractivity contribution >= 4 is 0 Å². The van der Waals surface area contributed by atoms with Gasteiger partial charge in [-0.05, 0) is 61.9 Å². The van der Waals surface area contributed by atoms with E-state index in [-0.39, 0.29) is 12.0 Å². The van der Waals surface area contributed by atoms with E-state index in [1.54, 1.807) is 14.0 Å². The molecule has 0 spiro atoms. The van der Waals surface area contributed by atoms with Gasteiger partial charge in [-0.1, -0.05) is 36.4 Å². The van der Waals surface area contributed by atoms with Crippen molar-refractivity contribution in [1.82, 2.24) is 0 Å². The molecule has 0 radical (unpaired) electrons. The zero-order valence-corrected chi connectivity index (χ0v) is 14.9. The first kappa shape index (κ1) is 17.4. The molecular formula is C22H26O3. The van der Waals surface area contributed by atoms with E-state index < -0.39 is 0 Å². The largest absolute Gasteiger partial charge is 0.513 e. The zero-order valence-electron chi connectivity index (χ0n) is 14.9. The summed E-state index contributed by atoms with van der Waals surface area (Å²) in [6, 6.07) is 16.2. The minimum Gasteiger partial charge on any atom is -0.513 e. The van der Waals surface area contributed by atoms with Gasteiger partial charge >= 0.3 is 0 Å². The summed E-state index contributed by atoms with van der Waals surface area (Å²) in [5.41, 5.74) is 2.21. The van der Waals surface area contributed by atoms with Gasteiger partial charge in [0, 0.05) is 5.92 Å². The van der Waals surface area contributed by atoms with E-state index in [2.05, 4.69) is 12.1 Å². The summed E-state index contributed by atoms with van der Waals surface area (Å²) in [4.78, 5) is 0. The molecule has 1 saturated carbocycles. The highest BCUT2D eigenvalue weighted by molar-refractivity contribution is 5.48. The summed E-state index contributed by atoms with van der Waals surface area (Å²) < 4.78 is 11.7. The summed E-state index contributed by atoms with van der Waals surface area (Å²) >= 11 is 0. The van der Waals surface area contributed by atoms with Crippen molar-refractivity contribution in [2.75, 3.05) is 7.11 Å². The van der Waals surface area contributed by atoms with Gasteiger partial charge in [0.1, 0.15) is 0 Å². The van der Waals surface area contributed by atoms with Gasteiger partial charge in [-0.3, -0.25) is 0 Å². The van der Waals surface area contributed by atoms with Crippen LogP contribution in [0.2, 0.25) is 0 Å². The molecule has 3 heteroatoms. The standard InChI is InChI=1S/C22H26O3/c1-16(23)14-20(17-8-4-3-5-9-17)18-12-13-21(24-2)22(15-18)25-19-10-6-7-11-19/h3-5,8-9,12-15,19-20,23H,6-7,10-11H2,1-2H3. The Kier molecular flexibility index (Phi) is 5.64. The van der Waals surface area contributed by atoms with Crippen LogP contribution in [0.4, 0.5) is 0 Å². The van der Waals surface area contributed by atoms with Gasteiger partial charge in [-0.2, -0.15) is 0 Å². The monoisotopic (exact) mass is 338 g/mol. The summed E-state index contributed by atoms with van der Waals surface area (Å²) in [7, 11) is 1.67. The Morgan fingerprint density at radius 2 is 1.76 bits per heavy atom. The first-order chi connectivity index (χ1) is 12.2. The van der Waals surface area contributed by atoms with Crippen LogP contribution in [0, 0.1) is 0 Å². The van der Waals surface area contributed by atoms with Crippen LogP contribution in [-0.4, -0.2) is 18.3 Å². The van der Waals surface area contributed by atoms with Crippen LogP contribution in [0.5, 0.6) is 11.5 Å². The molecule has 25 heavy (non-hydrogen) atoms. The van der Waals surface area contributed by atoms with Gasteiger partial charge in [0.05, 0.1) is 19.0 Å². The van der Waals surface area contributed by atoms with Crippen molar-refractivity contribution in [2.24, 2.45) is 0 Å². The quantitative estimate of drug-likeness (QED) is 0.696. The van der Waals surface area contributed by atoms with E-state index in [4.69, 9.17) is 9.47 Å². The maximum atomic E-state index is 9.85. The predicted octanol–water partition coefficient (Wildman–Crippen LogP) is 5.61. The van der Waals surface area contributed by atoms with Crippen LogP contribution < -0.4 is 9.47 Å². The SMILES string of the molecule is COc1ccc(C(C=C(C)O)c2ccccc2)cc1OC1CCCC1. The number of ether oxygens (including phenoxy) is 2. The van der Waals surface area contributed by atoms with E-state index in [1.165, 1.54) is 12.8 Å². The molecule has 1 aliphatic carbocycles. The summed E-state index contributed by atoms with van der Waals surface area (Å²) in [5, 5.41) is 9.85. The Hall–Kier alpha value is -2.42. The van der Waals surface area contributed by atoms with Crippen molar-refractivity contribution in [1.29, 1.82) is 0 Å². The molecule has 1 N–H and O–H groups in total. The highest BCUT2D eigenvalue weighted by Crippen LogP contribution is 2.36. The lowest BCUT2D eigenvalue weighted by molar-refractivity contribution is 0.200. The van der Waals surface area contributed by atoms with E-state index in [1.807, 2.05) is 42.5 Å². The second-order valence-electron chi connectivity index (χ2n) is 6.63. The summed E-state index contributed by atoms with van der Waals surface area (Å²) in [6.45, 7) is 1.70. The molecule has 1 fully saturated rings.